The van der Waals surface area contributed by atoms with E-state index in [1.807, 2.05) is 31.2 Å². The van der Waals surface area contributed by atoms with Gasteiger partial charge in [-0.1, -0.05) is 17.7 Å². The molecule has 1 fully saturated rings. The van der Waals surface area contributed by atoms with Crippen LogP contribution in [0.2, 0.25) is 0 Å². The van der Waals surface area contributed by atoms with Crippen LogP contribution in [0.4, 0.5) is 15.6 Å². The maximum absolute atomic E-state index is 12.6. The third-order valence-corrected chi connectivity index (χ3v) is 5.01. The summed E-state index contributed by atoms with van der Waals surface area (Å²) in [6, 6.07) is 7.51. The Balaban J connectivity index is 1.52. The molecular formula is C19H22N4O4S. The first-order valence-electron chi connectivity index (χ1n) is 8.99. The van der Waals surface area contributed by atoms with Crippen LogP contribution in [0.1, 0.15) is 18.2 Å². The number of nitrogens with zero attached hydrogens (tertiary/aromatic N) is 3. The molecule has 1 saturated heterocycles. The molecule has 1 N–H and O–H groups in total. The summed E-state index contributed by atoms with van der Waals surface area (Å²) in [6.07, 6.45) is 0.0658. The Morgan fingerprint density at radius 1 is 1.25 bits per heavy atom. The van der Waals surface area contributed by atoms with Crippen LogP contribution in [-0.2, 0) is 20.7 Å². The largest absolute Gasteiger partial charge is 0.466 e. The van der Waals surface area contributed by atoms with Crippen LogP contribution in [0, 0.1) is 6.92 Å². The van der Waals surface area contributed by atoms with E-state index < -0.39 is 0 Å². The summed E-state index contributed by atoms with van der Waals surface area (Å²) < 4.78 is 4.88. The Morgan fingerprint density at radius 2 is 2.00 bits per heavy atom. The van der Waals surface area contributed by atoms with Gasteiger partial charge in [-0.05, 0) is 26.0 Å². The lowest BCUT2D eigenvalue weighted by molar-refractivity contribution is -0.142. The lowest BCUT2D eigenvalue weighted by Gasteiger charge is -2.18. The zero-order valence-corrected chi connectivity index (χ0v) is 16.6. The van der Waals surface area contributed by atoms with Crippen molar-refractivity contribution in [2.75, 3.05) is 36.5 Å². The van der Waals surface area contributed by atoms with Crippen molar-refractivity contribution in [2.24, 2.45) is 0 Å². The fourth-order valence-corrected chi connectivity index (χ4v) is 3.56. The molecule has 8 nitrogen and oxygen atoms in total. The predicted molar refractivity (Wildman–Crippen MR) is 107 cm³/mol. The summed E-state index contributed by atoms with van der Waals surface area (Å²) in [5.74, 6) is -0.680. The topological polar surface area (TPSA) is 91.8 Å². The lowest BCUT2D eigenvalue weighted by atomic mass is 10.2. The number of thiazole rings is 1. The fourth-order valence-electron chi connectivity index (χ4n) is 2.83. The molecule has 0 saturated carbocycles. The Kier molecular flexibility index (Phi) is 6.25. The van der Waals surface area contributed by atoms with E-state index in [0.717, 1.165) is 11.3 Å². The van der Waals surface area contributed by atoms with E-state index in [0.29, 0.717) is 30.5 Å². The van der Waals surface area contributed by atoms with Gasteiger partial charge in [-0.3, -0.25) is 14.5 Å². The van der Waals surface area contributed by atoms with Crippen molar-refractivity contribution in [3.63, 3.8) is 0 Å². The third kappa shape index (κ3) is 4.86. The second kappa shape index (κ2) is 8.83. The standard InChI is InChI=1S/C19H22N4O4S/c1-3-27-17(25)10-14-12-28-18(20-14)21-16(24)11-22-8-9-23(19(22)26)15-6-4-13(2)5-7-15/h4-7,12H,3,8-11H2,1-2H3,(H,20,21,24). The van der Waals surface area contributed by atoms with Gasteiger partial charge in [0, 0.05) is 24.2 Å². The number of hydrogen-bond acceptors (Lipinski definition) is 6. The first kappa shape index (κ1) is 19.8. The van der Waals surface area contributed by atoms with Gasteiger partial charge in [0.05, 0.1) is 18.7 Å². The molecule has 3 amide bonds. The molecule has 0 unspecified atom stereocenters. The number of ether oxygens (including phenoxy) is 1. The SMILES string of the molecule is CCOC(=O)Cc1csc(NC(=O)CN2CCN(c3ccc(C)cc3)C2=O)n1. The summed E-state index contributed by atoms with van der Waals surface area (Å²) >= 11 is 1.23. The second-order valence-corrected chi connectivity index (χ2v) is 7.22. The molecule has 1 aliphatic rings. The number of aryl methyl sites for hydroxylation is 1. The molecule has 148 valence electrons. The van der Waals surface area contributed by atoms with Gasteiger partial charge in [-0.25, -0.2) is 9.78 Å². The molecule has 9 heteroatoms. The van der Waals surface area contributed by atoms with Crippen LogP contribution in [0.25, 0.3) is 0 Å². The number of amides is 3. The minimum atomic E-state index is -0.357. The van der Waals surface area contributed by atoms with Crippen LogP contribution in [0.15, 0.2) is 29.6 Å². The Bertz CT molecular complexity index is 865. The van der Waals surface area contributed by atoms with Crippen LogP contribution < -0.4 is 10.2 Å². The van der Waals surface area contributed by atoms with Gasteiger partial charge in [-0.15, -0.1) is 11.3 Å². The van der Waals surface area contributed by atoms with E-state index in [1.165, 1.54) is 16.2 Å². The zero-order chi connectivity index (χ0) is 20.1. The minimum absolute atomic E-state index is 0.0476. The quantitative estimate of drug-likeness (QED) is 0.718. The number of carbonyl (C=O) groups excluding carboxylic acids is 3. The first-order chi connectivity index (χ1) is 13.5. The normalized spacial score (nSPS) is 13.7. The van der Waals surface area contributed by atoms with Gasteiger partial charge in [-0.2, -0.15) is 0 Å². The Labute approximate surface area is 167 Å². The van der Waals surface area contributed by atoms with E-state index in [4.69, 9.17) is 4.74 Å². The summed E-state index contributed by atoms with van der Waals surface area (Å²) in [6.45, 7) is 5.01. The van der Waals surface area contributed by atoms with Gasteiger partial charge >= 0.3 is 12.0 Å². The van der Waals surface area contributed by atoms with E-state index in [1.54, 1.807) is 17.2 Å². The number of anilines is 2. The van der Waals surface area contributed by atoms with E-state index >= 15 is 0 Å². The molecule has 3 rings (SSSR count). The highest BCUT2D eigenvalue weighted by molar-refractivity contribution is 7.13. The lowest BCUT2D eigenvalue weighted by Crippen LogP contribution is -2.37. The molecule has 0 spiro atoms. The summed E-state index contributed by atoms with van der Waals surface area (Å²) in [5, 5.41) is 4.78. The Hall–Kier alpha value is -2.94. The molecule has 0 atom stereocenters. The first-order valence-corrected chi connectivity index (χ1v) is 9.87. The summed E-state index contributed by atoms with van der Waals surface area (Å²) in [7, 11) is 0. The number of nitrogens with one attached hydrogen (secondary N) is 1. The molecule has 1 aromatic carbocycles. The molecule has 2 aromatic rings. The van der Waals surface area contributed by atoms with Crippen molar-refractivity contribution >= 4 is 40.1 Å². The van der Waals surface area contributed by atoms with Crippen molar-refractivity contribution < 1.29 is 19.1 Å². The molecular weight excluding hydrogens is 380 g/mol. The number of carbonyl (C=O) groups is 3. The van der Waals surface area contributed by atoms with Crippen molar-refractivity contribution in [2.45, 2.75) is 20.3 Å². The number of rotatable bonds is 7. The van der Waals surface area contributed by atoms with E-state index in [2.05, 4.69) is 10.3 Å². The summed E-state index contributed by atoms with van der Waals surface area (Å²) in [5.41, 5.74) is 2.49. The number of urea groups is 1. The smallest absolute Gasteiger partial charge is 0.325 e. The van der Waals surface area contributed by atoms with Gasteiger partial charge in [0.15, 0.2) is 5.13 Å². The number of aromatic nitrogens is 1. The van der Waals surface area contributed by atoms with Crippen molar-refractivity contribution in [1.29, 1.82) is 0 Å². The average Bonchev–Trinajstić information content (AvgIpc) is 3.23. The summed E-state index contributed by atoms with van der Waals surface area (Å²) in [4.78, 5) is 43.7. The molecule has 1 aliphatic heterocycles. The molecule has 0 radical (unpaired) electrons. The van der Waals surface area contributed by atoms with Crippen molar-refractivity contribution in [1.82, 2.24) is 9.88 Å². The highest BCUT2D eigenvalue weighted by atomic mass is 32.1. The van der Waals surface area contributed by atoms with Gasteiger partial charge < -0.3 is 15.0 Å². The predicted octanol–water partition coefficient (Wildman–Crippen LogP) is 2.44. The monoisotopic (exact) mass is 402 g/mol. The molecule has 2 heterocycles. The average molecular weight is 402 g/mol. The van der Waals surface area contributed by atoms with E-state index in [-0.39, 0.29) is 30.9 Å². The van der Waals surface area contributed by atoms with Crippen LogP contribution in [0.3, 0.4) is 0 Å². The van der Waals surface area contributed by atoms with Crippen molar-refractivity contribution in [3.05, 3.63) is 40.9 Å². The maximum atomic E-state index is 12.6. The zero-order valence-electron chi connectivity index (χ0n) is 15.8. The van der Waals surface area contributed by atoms with Gasteiger partial charge in [0.2, 0.25) is 5.91 Å². The molecule has 28 heavy (non-hydrogen) atoms. The maximum Gasteiger partial charge on any atom is 0.325 e. The van der Waals surface area contributed by atoms with E-state index in [9.17, 15) is 14.4 Å². The van der Waals surface area contributed by atoms with Crippen molar-refractivity contribution in [3.8, 4) is 0 Å². The third-order valence-electron chi connectivity index (χ3n) is 4.20. The minimum Gasteiger partial charge on any atom is -0.466 e. The number of benzene rings is 1. The van der Waals surface area contributed by atoms with Crippen LogP contribution in [0.5, 0.6) is 0 Å². The van der Waals surface area contributed by atoms with Crippen LogP contribution >= 0.6 is 11.3 Å². The molecule has 1 aromatic heterocycles. The van der Waals surface area contributed by atoms with Gasteiger partial charge in [0.25, 0.3) is 0 Å². The number of esters is 1. The highest BCUT2D eigenvalue weighted by Gasteiger charge is 2.30. The van der Waals surface area contributed by atoms with Gasteiger partial charge in [0.1, 0.15) is 6.54 Å². The second-order valence-electron chi connectivity index (χ2n) is 6.37. The molecule has 0 bridgehead atoms. The molecule has 0 aliphatic carbocycles. The van der Waals surface area contributed by atoms with Crippen LogP contribution in [-0.4, -0.2) is 54.0 Å². The Morgan fingerprint density at radius 3 is 2.71 bits per heavy atom. The highest BCUT2D eigenvalue weighted by Crippen LogP contribution is 2.21. The fraction of sp³-hybridized carbons (Fsp3) is 0.368. The number of hydrogen-bond donors (Lipinski definition) is 1.